The minimum absolute atomic E-state index is 0.0267. The quantitative estimate of drug-likeness (QED) is 0.819. The number of hydrogen-bond acceptors (Lipinski definition) is 3. The highest BCUT2D eigenvalue weighted by atomic mass is 16.5. The number of piperidine rings is 1. The van der Waals surface area contributed by atoms with E-state index in [0.717, 1.165) is 35.9 Å². The highest BCUT2D eigenvalue weighted by molar-refractivity contribution is 5.78. The number of nitrogens with zero attached hydrogens (tertiary/aromatic N) is 1. The van der Waals surface area contributed by atoms with Crippen molar-refractivity contribution in [1.82, 2.24) is 5.32 Å². The van der Waals surface area contributed by atoms with Gasteiger partial charge < -0.3 is 15.0 Å². The molecule has 1 aliphatic rings. The average molecular weight is 367 g/mol. The van der Waals surface area contributed by atoms with E-state index in [9.17, 15) is 4.79 Å². The highest BCUT2D eigenvalue weighted by Gasteiger charge is 2.17. The third kappa shape index (κ3) is 5.25. The Labute approximate surface area is 162 Å². The summed E-state index contributed by atoms with van der Waals surface area (Å²) in [5.74, 6) is 1.39. The van der Waals surface area contributed by atoms with Crippen molar-refractivity contribution in [2.24, 2.45) is 5.92 Å². The third-order valence-electron chi connectivity index (χ3n) is 5.25. The first kappa shape index (κ1) is 19.3. The van der Waals surface area contributed by atoms with Crippen LogP contribution >= 0.6 is 0 Å². The van der Waals surface area contributed by atoms with Crippen LogP contribution in [0, 0.1) is 12.8 Å². The number of rotatable bonds is 6. The number of benzene rings is 2. The van der Waals surface area contributed by atoms with Crippen molar-refractivity contribution >= 4 is 11.6 Å². The van der Waals surface area contributed by atoms with Gasteiger partial charge in [-0.15, -0.1) is 0 Å². The summed E-state index contributed by atoms with van der Waals surface area (Å²) in [7, 11) is 0. The lowest BCUT2D eigenvalue weighted by Gasteiger charge is -2.33. The van der Waals surface area contributed by atoms with E-state index in [4.69, 9.17) is 4.74 Å². The molecule has 2 aromatic rings. The monoisotopic (exact) mass is 366 g/mol. The van der Waals surface area contributed by atoms with Crippen LogP contribution in [0.15, 0.2) is 48.5 Å². The lowest BCUT2D eigenvalue weighted by molar-refractivity contribution is -0.123. The molecule has 2 aromatic carbocycles. The summed E-state index contributed by atoms with van der Waals surface area (Å²) < 4.78 is 5.63. The molecule has 0 bridgehead atoms. The van der Waals surface area contributed by atoms with Gasteiger partial charge in [-0.05, 0) is 61.9 Å². The normalized spacial score (nSPS) is 18.0. The highest BCUT2D eigenvalue weighted by Crippen LogP contribution is 2.24. The van der Waals surface area contributed by atoms with Crippen molar-refractivity contribution in [2.75, 3.05) is 24.6 Å². The molecule has 1 aliphatic heterocycles. The van der Waals surface area contributed by atoms with Gasteiger partial charge in [0, 0.05) is 18.8 Å². The Morgan fingerprint density at radius 2 is 1.96 bits per heavy atom. The topological polar surface area (TPSA) is 41.6 Å². The molecule has 4 heteroatoms. The molecule has 0 spiro atoms. The SMILES string of the molecule is Cc1ccccc1OCC(=O)N[C@H](C)c1ccc(N2CCC[C@H](C)C2)cc1. The molecule has 1 fully saturated rings. The van der Waals surface area contributed by atoms with E-state index in [-0.39, 0.29) is 18.6 Å². The van der Waals surface area contributed by atoms with Crippen LogP contribution in [0.1, 0.15) is 43.9 Å². The lowest BCUT2D eigenvalue weighted by atomic mass is 9.99. The van der Waals surface area contributed by atoms with Crippen LogP contribution in [0.25, 0.3) is 0 Å². The first-order valence-electron chi connectivity index (χ1n) is 9.85. The van der Waals surface area contributed by atoms with Crippen molar-refractivity contribution in [3.8, 4) is 5.75 Å². The van der Waals surface area contributed by atoms with Gasteiger partial charge in [-0.3, -0.25) is 4.79 Å². The van der Waals surface area contributed by atoms with Gasteiger partial charge >= 0.3 is 0 Å². The standard InChI is InChI=1S/C23H30N2O2/c1-17-7-6-14-25(15-17)21-12-10-20(11-13-21)19(3)24-23(26)16-27-22-9-5-4-8-18(22)2/h4-5,8-13,17,19H,6-7,14-16H2,1-3H3,(H,24,26)/t17-,19+/m0/s1. The molecule has 0 aromatic heterocycles. The fourth-order valence-electron chi connectivity index (χ4n) is 3.63. The minimum Gasteiger partial charge on any atom is -0.484 e. The van der Waals surface area contributed by atoms with Crippen molar-refractivity contribution in [3.63, 3.8) is 0 Å². The Morgan fingerprint density at radius 3 is 2.67 bits per heavy atom. The lowest BCUT2D eigenvalue weighted by Crippen LogP contribution is -2.34. The number of hydrogen-bond donors (Lipinski definition) is 1. The number of anilines is 1. The van der Waals surface area contributed by atoms with Gasteiger partial charge in [-0.25, -0.2) is 0 Å². The van der Waals surface area contributed by atoms with E-state index in [2.05, 4.69) is 41.4 Å². The number of para-hydroxylation sites is 1. The predicted molar refractivity (Wildman–Crippen MR) is 110 cm³/mol. The minimum atomic E-state index is -0.111. The zero-order valence-corrected chi connectivity index (χ0v) is 16.6. The zero-order valence-electron chi connectivity index (χ0n) is 16.6. The van der Waals surface area contributed by atoms with E-state index in [1.807, 2.05) is 38.1 Å². The second-order valence-corrected chi connectivity index (χ2v) is 7.63. The first-order chi connectivity index (χ1) is 13.0. The first-order valence-corrected chi connectivity index (χ1v) is 9.85. The fourth-order valence-corrected chi connectivity index (χ4v) is 3.63. The van der Waals surface area contributed by atoms with E-state index in [0.29, 0.717) is 0 Å². The molecular weight excluding hydrogens is 336 g/mol. The van der Waals surface area contributed by atoms with Crippen LogP contribution in [0.5, 0.6) is 5.75 Å². The summed E-state index contributed by atoms with van der Waals surface area (Å²) in [5, 5.41) is 3.01. The summed E-state index contributed by atoms with van der Waals surface area (Å²) in [6.45, 7) is 8.58. The Kier molecular flexibility index (Phi) is 6.38. The zero-order chi connectivity index (χ0) is 19.2. The van der Waals surface area contributed by atoms with Gasteiger partial charge in [0.15, 0.2) is 6.61 Å². The van der Waals surface area contributed by atoms with Gasteiger partial charge in [0.2, 0.25) is 0 Å². The number of ether oxygens (including phenoxy) is 1. The third-order valence-corrected chi connectivity index (χ3v) is 5.25. The maximum atomic E-state index is 12.2. The molecular formula is C23H30N2O2. The molecule has 0 radical (unpaired) electrons. The largest absolute Gasteiger partial charge is 0.484 e. The molecule has 27 heavy (non-hydrogen) atoms. The van der Waals surface area contributed by atoms with Crippen LogP contribution in [-0.4, -0.2) is 25.6 Å². The van der Waals surface area contributed by atoms with Crippen LogP contribution < -0.4 is 15.0 Å². The fraction of sp³-hybridized carbons (Fsp3) is 0.435. The molecule has 1 amide bonds. The Hall–Kier alpha value is -2.49. The molecule has 4 nitrogen and oxygen atoms in total. The van der Waals surface area contributed by atoms with Crippen LogP contribution in [-0.2, 0) is 4.79 Å². The van der Waals surface area contributed by atoms with E-state index in [1.54, 1.807) is 0 Å². The van der Waals surface area contributed by atoms with Gasteiger partial charge in [-0.1, -0.05) is 37.3 Å². The number of carbonyl (C=O) groups excluding carboxylic acids is 1. The Morgan fingerprint density at radius 1 is 1.22 bits per heavy atom. The average Bonchev–Trinajstić information content (AvgIpc) is 2.67. The van der Waals surface area contributed by atoms with Crippen molar-refractivity contribution < 1.29 is 9.53 Å². The van der Waals surface area contributed by atoms with E-state index < -0.39 is 0 Å². The smallest absolute Gasteiger partial charge is 0.258 e. The second-order valence-electron chi connectivity index (χ2n) is 7.63. The summed E-state index contributed by atoms with van der Waals surface area (Å²) in [6.07, 6.45) is 2.58. The maximum absolute atomic E-state index is 12.2. The molecule has 0 unspecified atom stereocenters. The number of amides is 1. The van der Waals surface area contributed by atoms with E-state index >= 15 is 0 Å². The molecule has 2 atom stereocenters. The molecule has 1 saturated heterocycles. The second kappa shape index (κ2) is 8.94. The molecule has 1 heterocycles. The van der Waals surface area contributed by atoms with Crippen molar-refractivity contribution in [3.05, 3.63) is 59.7 Å². The molecule has 144 valence electrons. The van der Waals surface area contributed by atoms with Gasteiger partial charge in [0.25, 0.3) is 5.91 Å². The molecule has 3 rings (SSSR count). The van der Waals surface area contributed by atoms with Gasteiger partial charge in [0.1, 0.15) is 5.75 Å². The van der Waals surface area contributed by atoms with Crippen molar-refractivity contribution in [1.29, 1.82) is 0 Å². The maximum Gasteiger partial charge on any atom is 0.258 e. The summed E-state index contributed by atoms with van der Waals surface area (Å²) in [6, 6.07) is 16.2. The van der Waals surface area contributed by atoms with Crippen LogP contribution in [0.3, 0.4) is 0 Å². The summed E-state index contributed by atoms with van der Waals surface area (Å²) in [5.41, 5.74) is 3.40. The Balaban J connectivity index is 1.52. The van der Waals surface area contributed by atoms with E-state index in [1.165, 1.54) is 18.5 Å². The van der Waals surface area contributed by atoms with Gasteiger partial charge in [0.05, 0.1) is 6.04 Å². The van der Waals surface area contributed by atoms with Crippen LogP contribution in [0.2, 0.25) is 0 Å². The number of nitrogens with one attached hydrogen (secondary N) is 1. The molecule has 0 saturated carbocycles. The van der Waals surface area contributed by atoms with Gasteiger partial charge in [-0.2, -0.15) is 0 Å². The molecule has 0 aliphatic carbocycles. The molecule has 1 N–H and O–H groups in total. The Bertz CT molecular complexity index is 757. The van der Waals surface area contributed by atoms with Crippen molar-refractivity contribution in [2.45, 2.75) is 39.7 Å². The summed E-state index contributed by atoms with van der Waals surface area (Å²) >= 11 is 0. The number of aryl methyl sites for hydroxylation is 1. The predicted octanol–water partition coefficient (Wildman–Crippen LogP) is 4.49. The summed E-state index contributed by atoms with van der Waals surface area (Å²) in [4.78, 5) is 14.7. The number of carbonyl (C=O) groups is 1. The van der Waals surface area contributed by atoms with Crippen LogP contribution in [0.4, 0.5) is 5.69 Å².